The fraction of sp³-hybridized carbons (Fsp3) is 0.462. The number of hydrogen-bond donors (Lipinski definition) is 1. The Kier molecular flexibility index (Phi) is 4.77. The zero-order chi connectivity index (χ0) is 14.7. The Morgan fingerprint density at radius 1 is 1.45 bits per heavy atom. The molecule has 7 heteroatoms. The molecule has 0 atom stereocenters. The van der Waals surface area contributed by atoms with E-state index in [1.165, 1.54) is 0 Å². The average Bonchev–Trinajstić information content (AvgIpc) is 2.75. The number of carbonyl (C=O) groups excluding carboxylic acids is 1. The molecule has 108 valence electrons. The third kappa shape index (κ3) is 3.19. The van der Waals surface area contributed by atoms with E-state index >= 15 is 0 Å². The molecule has 0 radical (unpaired) electrons. The Bertz CT molecular complexity index is 628. The van der Waals surface area contributed by atoms with Gasteiger partial charge in [0, 0.05) is 18.0 Å². The molecule has 2 aromatic heterocycles. The normalized spacial score (nSPS) is 10.8. The highest BCUT2D eigenvalue weighted by molar-refractivity contribution is 7.18. The number of nitrogens with one attached hydrogen (secondary N) is 1. The summed E-state index contributed by atoms with van der Waals surface area (Å²) >= 11 is 7.56. The number of likely N-dealkylation sites (N-methyl/N-ethyl adjacent to an activating group) is 2. The van der Waals surface area contributed by atoms with Crippen LogP contribution < -0.4 is 10.2 Å². The van der Waals surface area contributed by atoms with Gasteiger partial charge in [-0.25, -0.2) is 4.98 Å². The van der Waals surface area contributed by atoms with Crippen molar-refractivity contribution in [3.63, 3.8) is 0 Å². The standard InChI is InChI=1S/C13H17ClN4OS/c1-4-15-10(19)7-18(5-2)11-9-6-8(3)20-12(9)17-13(14)16-11/h6H,4-5,7H2,1-3H3,(H,15,19). The third-order valence-electron chi connectivity index (χ3n) is 2.86. The molecule has 1 N–H and O–H groups in total. The van der Waals surface area contributed by atoms with Crippen molar-refractivity contribution in [2.24, 2.45) is 0 Å². The number of rotatable bonds is 5. The summed E-state index contributed by atoms with van der Waals surface area (Å²) in [5.41, 5.74) is 0. The number of aryl methyl sites for hydroxylation is 1. The van der Waals surface area contributed by atoms with E-state index in [9.17, 15) is 4.79 Å². The van der Waals surface area contributed by atoms with Gasteiger partial charge in [-0.05, 0) is 38.4 Å². The van der Waals surface area contributed by atoms with Crippen LogP contribution in [0.4, 0.5) is 5.82 Å². The van der Waals surface area contributed by atoms with Crippen LogP contribution in [-0.4, -0.2) is 35.5 Å². The molecule has 0 saturated carbocycles. The molecule has 5 nitrogen and oxygen atoms in total. The minimum absolute atomic E-state index is 0.0239. The summed E-state index contributed by atoms with van der Waals surface area (Å²) in [6, 6.07) is 2.03. The zero-order valence-electron chi connectivity index (χ0n) is 11.7. The van der Waals surface area contributed by atoms with Gasteiger partial charge < -0.3 is 10.2 Å². The first-order valence-electron chi connectivity index (χ1n) is 6.50. The van der Waals surface area contributed by atoms with Crippen LogP contribution >= 0.6 is 22.9 Å². The highest BCUT2D eigenvalue weighted by Gasteiger charge is 2.17. The lowest BCUT2D eigenvalue weighted by Gasteiger charge is -2.21. The molecule has 0 unspecified atom stereocenters. The minimum Gasteiger partial charge on any atom is -0.355 e. The van der Waals surface area contributed by atoms with Crippen molar-refractivity contribution < 1.29 is 4.79 Å². The SMILES string of the molecule is CCNC(=O)CN(CC)c1nc(Cl)nc2sc(C)cc12. The first kappa shape index (κ1) is 15.0. The summed E-state index contributed by atoms with van der Waals surface area (Å²) in [4.78, 5) is 24.2. The summed E-state index contributed by atoms with van der Waals surface area (Å²) < 4.78 is 0. The predicted molar refractivity (Wildman–Crippen MR) is 83.7 cm³/mol. The lowest BCUT2D eigenvalue weighted by atomic mass is 10.3. The molecule has 0 aliphatic rings. The Hall–Kier alpha value is -1.40. The topological polar surface area (TPSA) is 58.1 Å². The second-order valence-electron chi connectivity index (χ2n) is 4.36. The van der Waals surface area contributed by atoms with Crippen molar-refractivity contribution in [2.45, 2.75) is 20.8 Å². The van der Waals surface area contributed by atoms with Crippen LogP contribution in [0, 0.1) is 6.92 Å². The Morgan fingerprint density at radius 3 is 2.85 bits per heavy atom. The number of hydrogen-bond acceptors (Lipinski definition) is 5. The van der Waals surface area contributed by atoms with E-state index in [1.807, 2.05) is 31.7 Å². The Morgan fingerprint density at radius 2 is 2.20 bits per heavy atom. The maximum absolute atomic E-state index is 11.8. The van der Waals surface area contributed by atoms with E-state index in [1.54, 1.807) is 11.3 Å². The molecule has 2 heterocycles. The fourth-order valence-electron chi connectivity index (χ4n) is 2.01. The van der Waals surface area contributed by atoms with Gasteiger partial charge in [-0.1, -0.05) is 0 Å². The molecule has 2 rings (SSSR count). The average molecular weight is 313 g/mol. The maximum atomic E-state index is 11.8. The number of carbonyl (C=O) groups is 1. The predicted octanol–water partition coefficient (Wildman–Crippen LogP) is 2.62. The molecule has 0 bridgehead atoms. The van der Waals surface area contributed by atoms with Crippen molar-refractivity contribution in [1.29, 1.82) is 0 Å². The van der Waals surface area contributed by atoms with Gasteiger partial charge in [0.25, 0.3) is 0 Å². The lowest BCUT2D eigenvalue weighted by molar-refractivity contribution is -0.119. The summed E-state index contributed by atoms with van der Waals surface area (Å²) in [5.74, 6) is 0.697. The van der Waals surface area contributed by atoms with Crippen LogP contribution in [0.3, 0.4) is 0 Å². The number of aromatic nitrogens is 2. The molecule has 0 aromatic carbocycles. The van der Waals surface area contributed by atoms with Crippen LogP contribution in [0.1, 0.15) is 18.7 Å². The Balaban J connectivity index is 2.40. The molecule has 20 heavy (non-hydrogen) atoms. The van der Waals surface area contributed by atoms with Crippen LogP contribution in [0.2, 0.25) is 5.28 Å². The van der Waals surface area contributed by atoms with Gasteiger partial charge in [0.05, 0.1) is 11.9 Å². The number of amides is 1. The zero-order valence-corrected chi connectivity index (χ0v) is 13.3. The van der Waals surface area contributed by atoms with Crippen molar-refractivity contribution >= 4 is 44.9 Å². The maximum Gasteiger partial charge on any atom is 0.239 e. The summed E-state index contributed by atoms with van der Waals surface area (Å²) in [6.45, 7) is 7.46. The van der Waals surface area contributed by atoms with Crippen LogP contribution in [0.25, 0.3) is 10.2 Å². The molecule has 0 aliphatic carbocycles. The smallest absolute Gasteiger partial charge is 0.239 e. The molecular weight excluding hydrogens is 296 g/mol. The lowest BCUT2D eigenvalue weighted by Crippen LogP contribution is -2.37. The number of thiophene rings is 1. The van der Waals surface area contributed by atoms with Crippen LogP contribution in [-0.2, 0) is 4.79 Å². The van der Waals surface area contributed by atoms with E-state index in [0.717, 1.165) is 20.9 Å². The van der Waals surface area contributed by atoms with Gasteiger partial charge in [0.2, 0.25) is 11.2 Å². The van der Waals surface area contributed by atoms with Crippen LogP contribution in [0.15, 0.2) is 6.07 Å². The number of anilines is 1. The largest absolute Gasteiger partial charge is 0.355 e. The molecule has 0 saturated heterocycles. The highest BCUT2D eigenvalue weighted by atomic mass is 35.5. The van der Waals surface area contributed by atoms with Crippen molar-refractivity contribution in [2.75, 3.05) is 24.5 Å². The molecule has 0 aliphatic heterocycles. The van der Waals surface area contributed by atoms with Crippen molar-refractivity contribution in [3.05, 3.63) is 16.2 Å². The summed E-state index contributed by atoms with van der Waals surface area (Å²) in [6.07, 6.45) is 0. The molecule has 0 spiro atoms. The highest BCUT2D eigenvalue weighted by Crippen LogP contribution is 2.31. The van der Waals surface area contributed by atoms with Gasteiger partial charge in [-0.15, -0.1) is 11.3 Å². The molecule has 2 aromatic rings. The van der Waals surface area contributed by atoms with E-state index in [-0.39, 0.29) is 17.7 Å². The first-order chi connectivity index (χ1) is 9.55. The van der Waals surface area contributed by atoms with Gasteiger partial charge in [0.15, 0.2) is 0 Å². The van der Waals surface area contributed by atoms with Gasteiger partial charge in [-0.2, -0.15) is 4.98 Å². The molecule has 0 fully saturated rings. The number of fused-ring (bicyclic) bond motifs is 1. The van der Waals surface area contributed by atoms with Crippen LogP contribution in [0.5, 0.6) is 0 Å². The second-order valence-corrected chi connectivity index (χ2v) is 5.93. The molecular formula is C13H17ClN4OS. The van der Waals surface area contributed by atoms with E-state index in [2.05, 4.69) is 15.3 Å². The van der Waals surface area contributed by atoms with Crippen molar-refractivity contribution in [3.8, 4) is 0 Å². The summed E-state index contributed by atoms with van der Waals surface area (Å²) in [5, 5.41) is 3.95. The van der Waals surface area contributed by atoms with Gasteiger partial charge >= 0.3 is 0 Å². The van der Waals surface area contributed by atoms with E-state index < -0.39 is 0 Å². The van der Waals surface area contributed by atoms with Crippen molar-refractivity contribution in [1.82, 2.24) is 15.3 Å². The number of nitrogens with zero attached hydrogens (tertiary/aromatic N) is 3. The van der Waals surface area contributed by atoms with Gasteiger partial charge in [-0.3, -0.25) is 4.79 Å². The second kappa shape index (κ2) is 6.37. The number of halogens is 1. The first-order valence-corrected chi connectivity index (χ1v) is 7.69. The monoisotopic (exact) mass is 312 g/mol. The molecule has 1 amide bonds. The Labute approximate surface area is 127 Å². The van der Waals surface area contributed by atoms with E-state index in [0.29, 0.717) is 13.1 Å². The third-order valence-corrected chi connectivity index (χ3v) is 3.97. The fourth-order valence-corrected chi connectivity index (χ4v) is 3.09. The quantitative estimate of drug-likeness (QED) is 0.862. The minimum atomic E-state index is -0.0239. The van der Waals surface area contributed by atoms with Gasteiger partial charge in [0.1, 0.15) is 10.6 Å². The summed E-state index contributed by atoms with van der Waals surface area (Å²) in [7, 11) is 0. The van der Waals surface area contributed by atoms with E-state index in [4.69, 9.17) is 11.6 Å².